The van der Waals surface area contributed by atoms with Gasteiger partial charge in [-0.05, 0) is 30.5 Å². The minimum absolute atomic E-state index is 0.0517. The molecule has 11 heteroatoms. The van der Waals surface area contributed by atoms with Crippen LogP contribution < -0.4 is 10.6 Å². The molecule has 3 amide bonds. The molecule has 1 aliphatic rings. The molecule has 3 N–H and O–H groups in total. The number of hydrogen-bond acceptors (Lipinski definition) is 8. The first kappa shape index (κ1) is 25.6. The average Bonchev–Trinajstić information content (AvgIpc) is 3.54. The summed E-state index contributed by atoms with van der Waals surface area (Å²) in [6.45, 7) is 1.38. The summed E-state index contributed by atoms with van der Waals surface area (Å²) in [5.41, 5.74) is 0.541. The van der Waals surface area contributed by atoms with Crippen LogP contribution in [0.2, 0.25) is 0 Å². The summed E-state index contributed by atoms with van der Waals surface area (Å²) >= 11 is 1.29. The van der Waals surface area contributed by atoms with Crippen molar-refractivity contribution in [1.29, 1.82) is 0 Å². The third-order valence-electron chi connectivity index (χ3n) is 5.40. The molecule has 3 rings (SSSR count). The van der Waals surface area contributed by atoms with Crippen LogP contribution in [0, 0.1) is 0 Å². The molecule has 0 aliphatic carbocycles. The van der Waals surface area contributed by atoms with E-state index >= 15 is 0 Å². The summed E-state index contributed by atoms with van der Waals surface area (Å²) in [6.07, 6.45) is 3.20. The average molecular weight is 491 g/mol. The van der Waals surface area contributed by atoms with E-state index in [9.17, 15) is 19.5 Å². The predicted molar refractivity (Wildman–Crippen MR) is 126 cm³/mol. The van der Waals surface area contributed by atoms with E-state index in [2.05, 4.69) is 15.6 Å². The minimum atomic E-state index is -0.952. The van der Waals surface area contributed by atoms with Gasteiger partial charge in [0.2, 0.25) is 17.7 Å². The molecule has 10 nitrogen and oxygen atoms in total. The lowest BCUT2D eigenvalue weighted by atomic mass is 10.0. The van der Waals surface area contributed by atoms with Gasteiger partial charge >= 0.3 is 0 Å². The second-order valence-corrected chi connectivity index (χ2v) is 8.73. The molecule has 1 aromatic carbocycles. The van der Waals surface area contributed by atoms with Crippen molar-refractivity contribution in [2.24, 2.45) is 0 Å². The fraction of sp³-hybridized carbons (Fsp3) is 0.478. The highest BCUT2D eigenvalue weighted by atomic mass is 32.1. The Morgan fingerprint density at radius 2 is 2.09 bits per heavy atom. The van der Waals surface area contributed by atoms with E-state index < -0.39 is 6.04 Å². The molecule has 2 heterocycles. The Morgan fingerprint density at radius 3 is 2.74 bits per heavy atom. The molecular weight excluding hydrogens is 460 g/mol. The first-order valence-corrected chi connectivity index (χ1v) is 12.0. The van der Waals surface area contributed by atoms with Crippen molar-refractivity contribution in [3.8, 4) is 5.75 Å². The number of hydrogen-bond donors (Lipinski definition) is 3. The molecule has 0 bridgehead atoms. The fourth-order valence-corrected chi connectivity index (χ4v) is 4.21. The van der Waals surface area contributed by atoms with E-state index in [0.717, 1.165) is 12.8 Å². The quantitative estimate of drug-likeness (QED) is 0.415. The molecule has 2 aromatic rings. The number of benzene rings is 1. The highest BCUT2D eigenvalue weighted by Gasteiger charge is 2.32. The molecule has 1 aliphatic heterocycles. The minimum Gasteiger partial charge on any atom is -0.508 e. The number of anilines is 1. The van der Waals surface area contributed by atoms with E-state index in [4.69, 9.17) is 9.47 Å². The fourth-order valence-electron chi connectivity index (χ4n) is 3.66. The van der Waals surface area contributed by atoms with Gasteiger partial charge in [0, 0.05) is 51.2 Å². The van der Waals surface area contributed by atoms with Crippen LogP contribution in [0.1, 0.15) is 37.3 Å². The monoisotopic (exact) mass is 490 g/mol. The number of carbonyl (C=O) groups is 3. The Bertz CT molecular complexity index is 931. The van der Waals surface area contributed by atoms with Crippen LogP contribution in [0.4, 0.5) is 5.13 Å². The lowest BCUT2D eigenvalue weighted by Gasteiger charge is -2.31. The maximum absolute atomic E-state index is 13.3. The number of rotatable bonds is 12. The number of amides is 3. The standard InChI is InChI=1S/C23H30N4O6S/c1-32-13-11-27(20(30)9-8-19(29)26-23-24-10-14-34-23)21(16-4-6-17(28)7-5-16)22(31)25-15-18-3-2-12-33-18/h4-7,10,14,18,21,28H,2-3,8-9,11-13,15H2,1H3,(H,25,31)(H,24,26,29)/t18-,21+/m0/s1. The van der Waals surface area contributed by atoms with Gasteiger partial charge in [0.15, 0.2) is 5.13 Å². The number of methoxy groups -OCH3 is 1. The Kier molecular flexibility index (Phi) is 9.80. The number of aromatic nitrogens is 1. The van der Waals surface area contributed by atoms with Crippen molar-refractivity contribution in [3.63, 3.8) is 0 Å². The number of aromatic hydroxyl groups is 1. The summed E-state index contributed by atoms with van der Waals surface area (Å²) in [6, 6.07) is 5.19. The third kappa shape index (κ3) is 7.51. The van der Waals surface area contributed by atoms with Crippen LogP contribution in [0.5, 0.6) is 5.75 Å². The molecule has 34 heavy (non-hydrogen) atoms. The zero-order valence-electron chi connectivity index (χ0n) is 19.1. The number of carbonyl (C=O) groups excluding carboxylic acids is 3. The molecular formula is C23H30N4O6S. The Morgan fingerprint density at radius 1 is 1.29 bits per heavy atom. The highest BCUT2D eigenvalue weighted by Crippen LogP contribution is 2.25. The van der Waals surface area contributed by atoms with Crippen LogP contribution in [-0.2, 0) is 23.9 Å². The molecule has 1 saturated heterocycles. The van der Waals surface area contributed by atoms with Crippen LogP contribution in [0.25, 0.3) is 0 Å². The normalized spacial score (nSPS) is 16.1. The van der Waals surface area contributed by atoms with Gasteiger partial charge in [0.1, 0.15) is 11.8 Å². The number of phenols is 1. The smallest absolute Gasteiger partial charge is 0.247 e. The number of ether oxygens (including phenoxy) is 2. The Balaban J connectivity index is 1.73. The third-order valence-corrected chi connectivity index (χ3v) is 6.09. The van der Waals surface area contributed by atoms with Gasteiger partial charge in [-0.15, -0.1) is 11.3 Å². The molecule has 1 fully saturated rings. The van der Waals surface area contributed by atoms with Crippen LogP contribution in [-0.4, -0.2) is 72.2 Å². The summed E-state index contributed by atoms with van der Waals surface area (Å²) in [4.78, 5) is 44.2. The Labute approximate surface area is 202 Å². The van der Waals surface area contributed by atoms with Gasteiger partial charge in [-0.25, -0.2) is 4.98 Å². The second-order valence-electron chi connectivity index (χ2n) is 7.84. The zero-order valence-corrected chi connectivity index (χ0v) is 19.9. The van der Waals surface area contributed by atoms with Crippen molar-refractivity contribution < 1.29 is 29.0 Å². The second kappa shape index (κ2) is 13.0. The summed E-state index contributed by atoms with van der Waals surface area (Å²) in [5.74, 6) is -1.01. The maximum atomic E-state index is 13.3. The molecule has 184 valence electrons. The molecule has 0 spiro atoms. The summed E-state index contributed by atoms with van der Waals surface area (Å²) in [7, 11) is 1.51. The molecule has 0 unspecified atom stereocenters. The lowest BCUT2D eigenvalue weighted by Crippen LogP contribution is -2.46. The van der Waals surface area contributed by atoms with Gasteiger partial charge in [0.05, 0.1) is 12.7 Å². The van der Waals surface area contributed by atoms with Gasteiger partial charge in [-0.1, -0.05) is 12.1 Å². The van der Waals surface area contributed by atoms with Crippen molar-refractivity contribution in [2.75, 3.05) is 38.7 Å². The maximum Gasteiger partial charge on any atom is 0.247 e. The Hall–Kier alpha value is -3.02. The zero-order chi connectivity index (χ0) is 24.3. The first-order valence-electron chi connectivity index (χ1n) is 11.1. The van der Waals surface area contributed by atoms with Crippen LogP contribution in [0.3, 0.4) is 0 Å². The molecule has 1 aromatic heterocycles. The first-order chi connectivity index (χ1) is 16.5. The van der Waals surface area contributed by atoms with Crippen molar-refractivity contribution in [3.05, 3.63) is 41.4 Å². The SMILES string of the molecule is COCCN(C(=O)CCC(=O)Nc1nccs1)[C@@H](C(=O)NC[C@@H]1CCCO1)c1ccc(O)cc1. The van der Waals surface area contributed by atoms with Gasteiger partial charge < -0.3 is 30.1 Å². The van der Waals surface area contributed by atoms with Gasteiger partial charge in [-0.3, -0.25) is 14.4 Å². The van der Waals surface area contributed by atoms with Gasteiger partial charge in [0.25, 0.3) is 0 Å². The summed E-state index contributed by atoms with van der Waals surface area (Å²) in [5, 5.41) is 17.5. The van der Waals surface area contributed by atoms with Crippen LogP contribution >= 0.6 is 11.3 Å². The lowest BCUT2D eigenvalue weighted by molar-refractivity contribution is -0.142. The predicted octanol–water partition coefficient (Wildman–Crippen LogP) is 2.08. The van der Waals surface area contributed by atoms with E-state index in [1.54, 1.807) is 23.7 Å². The van der Waals surface area contributed by atoms with Crippen molar-refractivity contribution >= 4 is 34.2 Å². The largest absolute Gasteiger partial charge is 0.508 e. The van der Waals surface area contributed by atoms with Crippen molar-refractivity contribution in [1.82, 2.24) is 15.2 Å². The number of thiazole rings is 1. The van der Waals surface area contributed by atoms with E-state index in [-0.39, 0.29) is 55.6 Å². The van der Waals surface area contributed by atoms with Crippen LogP contribution in [0.15, 0.2) is 35.8 Å². The topological polar surface area (TPSA) is 130 Å². The molecule has 0 radical (unpaired) electrons. The van der Waals surface area contributed by atoms with Crippen molar-refractivity contribution in [2.45, 2.75) is 37.8 Å². The highest BCUT2D eigenvalue weighted by molar-refractivity contribution is 7.13. The van der Waals surface area contributed by atoms with Gasteiger partial charge in [-0.2, -0.15) is 0 Å². The number of nitrogens with one attached hydrogen (secondary N) is 2. The molecule has 2 atom stereocenters. The number of phenolic OH excluding ortho intramolecular Hbond substituents is 1. The molecule has 0 saturated carbocycles. The summed E-state index contributed by atoms with van der Waals surface area (Å²) < 4.78 is 10.8. The number of nitrogens with zero attached hydrogens (tertiary/aromatic N) is 2. The van der Waals surface area contributed by atoms with E-state index in [1.165, 1.54) is 35.5 Å². The van der Waals surface area contributed by atoms with E-state index in [0.29, 0.717) is 23.8 Å². The van der Waals surface area contributed by atoms with E-state index in [1.807, 2.05) is 0 Å².